The van der Waals surface area contributed by atoms with E-state index < -0.39 is 0 Å². The molecule has 1 aliphatic carbocycles. The van der Waals surface area contributed by atoms with Crippen molar-refractivity contribution in [1.29, 1.82) is 0 Å². The van der Waals surface area contributed by atoms with Gasteiger partial charge in [-0.2, -0.15) is 5.10 Å². The summed E-state index contributed by atoms with van der Waals surface area (Å²) in [5.41, 5.74) is 0. The molecule has 2 heterocycles. The van der Waals surface area contributed by atoms with Crippen molar-refractivity contribution in [2.45, 2.75) is 31.8 Å². The molecule has 0 aromatic carbocycles. The maximum absolute atomic E-state index is 5.66. The van der Waals surface area contributed by atoms with Crippen LogP contribution in [0.4, 0.5) is 0 Å². The van der Waals surface area contributed by atoms with Gasteiger partial charge in [0.1, 0.15) is 5.76 Å². The van der Waals surface area contributed by atoms with Crippen molar-refractivity contribution in [3.8, 4) is 0 Å². The fraction of sp³-hybridized carbons (Fsp3) is 0.500. The molecule has 0 saturated heterocycles. The second kappa shape index (κ2) is 5.24. The van der Waals surface area contributed by atoms with Gasteiger partial charge in [-0.3, -0.25) is 4.68 Å². The lowest BCUT2D eigenvalue weighted by Gasteiger charge is -2.02. The minimum atomic E-state index is 0.583. The summed E-state index contributed by atoms with van der Waals surface area (Å²) >= 11 is 3.37. The largest absolute Gasteiger partial charge is 0.444 e. The molecule has 0 aliphatic heterocycles. The molecule has 3 rings (SSSR count). The first-order chi connectivity index (χ1) is 8.81. The minimum Gasteiger partial charge on any atom is -0.444 e. The molecule has 5 nitrogen and oxygen atoms in total. The highest BCUT2D eigenvalue weighted by Gasteiger charge is 2.28. The number of rotatable bonds is 6. The molecule has 2 aromatic rings. The fourth-order valence-electron chi connectivity index (χ4n) is 1.79. The lowest BCUT2D eigenvalue weighted by molar-refractivity contribution is 0.434. The number of oxazole rings is 1. The van der Waals surface area contributed by atoms with Gasteiger partial charge < -0.3 is 9.73 Å². The summed E-state index contributed by atoms with van der Waals surface area (Å²) in [7, 11) is 0. The van der Waals surface area contributed by atoms with Gasteiger partial charge in [0.2, 0.25) is 0 Å². The van der Waals surface area contributed by atoms with Crippen molar-refractivity contribution in [3.05, 3.63) is 34.7 Å². The Hall–Kier alpha value is -1.14. The van der Waals surface area contributed by atoms with E-state index in [4.69, 9.17) is 4.42 Å². The third kappa shape index (κ3) is 3.00. The van der Waals surface area contributed by atoms with E-state index >= 15 is 0 Å². The van der Waals surface area contributed by atoms with Crippen molar-refractivity contribution in [2.75, 3.05) is 6.54 Å². The molecule has 1 fully saturated rings. The second-order valence-electron chi connectivity index (χ2n) is 4.54. The van der Waals surface area contributed by atoms with Crippen molar-refractivity contribution in [2.24, 2.45) is 0 Å². The highest BCUT2D eigenvalue weighted by atomic mass is 79.9. The van der Waals surface area contributed by atoms with Gasteiger partial charge in [-0.15, -0.1) is 0 Å². The second-order valence-corrected chi connectivity index (χ2v) is 5.45. The molecule has 0 unspecified atom stereocenters. The zero-order chi connectivity index (χ0) is 12.4. The lowest BCUT2D eigenvalue weighted by atomic mass is 10.4. The Morgan fingerprint density at radius 2 is 2.33 bits per heavy atom. The number of nitrogens with one attached hydrogen (secondary N) is 1. The van der Waals surface area contributed by atoms with Crippen molar-refractivity contribution >= 4 is 15.9 Å². The van der Waals surface area contributed by atoms with E-state index in [-0.39, 0.29) is 0 Å². The van der Waals surface area contributed by atoms with Crippen molar-refractivity contribution in [1.82, 2.24) is 20.1 Å². The number of hydrogen-bond donors (Lipinski definition) is 1. The number of halogens is 1. The number of hydrogen-bond acceptors (Lipinski definition) is 4. The van der Waals surface area contributed by atoms with E-state index in [0.717, 1.165) is 35.8 Å². The van der Waals surface area contributed by atoms with E-state index in [1.165, 1.54) is 12.8 Å². The average molecular weight is 311 g/mol. The van der Waals surface area contributed by atoms with Crippen LogP contribution in [0.3, 0.4) is 0 Å². The van der Waals surface area contributed by atoms with Crippen LogP contribution in [-0.2, 0) is 13.1 Å². The summed E-state index contributed by atoms with van der Waals surface area (Å²) in [6, 6.07) is 0. The van der Waals surface area contributed by atoms with Crippen molar-refractivity contribution < 1.29 is 4.42 Å². The summed E-state index contributed by atoms with van der Waals surface area (Å²) in [6.07, 6.45) is 8.02. The average Bonchev–Trinajstić information content (AvgIpc) is 2.97. The fourth-order valence-corrected chi connectivity index (χ4v) is 2.12. The summed E-state index contributed by atoms with van der Waals surface area (Å²) in [5.74, 6) is 2.40. The minimum absolute atomic E-state index is 0.583. The van der Waals surface area contributed by atoms with E-state index in [1.54, 1.807) is 6.20 Å². The third-order valence-corrected chi connectivity index (χ3v) is 3.33. The Balaban J connectivity index is 1.41. The first kappa shape index (κ1) is 11.9. The molecule has 2 aromatic heterocycles. The summed E-state index contributed by atoms with van der Waals surface area (Å²) in [4.78, 5) is 4.29. The molecule has 0 bridgehead atoms. The highest BCUT2D eigenvalue weighted by molar-refractivity contribution is 9.10. The van der Waals surface area contributed by atoms with Crippen LogP contribution in [0.2, 0.25) is 0 Å². The lowest BCUT2D eigenvalue weighted by Crippen LogP contribution is -2.19. The van der Waals surface area contributed by atoms with Gasteiger partial charge in [-0.1, -0.05) is 0 Å². The predicted octanol–water partition coefficient (Wildman–Crippen LogP) is 2.30. The molecule has 1 saturated carbocycles. The zero-order valence-corrected chi connectivity index (χ0v) is 11.6. The summed E-state index contributed by atoms with van der Waals surface area (Å²) < 4.78 is 8.56. The first-order valence-corrected chi connectivity index (χ1v) is 6.94. The smallest absolute Gasteiger partial charge is 0.197 e. The normalized spacial score (nSPS) is 15.2. The number of aromatic nitrogens is 3. The summed E-state index contributed by atoms with van der Waals surface area (Å²) in [5, 5.41) is 7.51. The van der Waals surface area contributed by atoms with Crippen LogP contribution in [0.5, 0.6) is 0 Å². The molecule has 0 amide bonds. The van der Waals surface area contributed by atoms with Gasteiger partial charge in [0.05, 0.1) is 30.0 Å². The molecule has 1 N–H and O–H groups in total. The Labute approximate surface area is 114 Å². The highest BCUT2D eigenvalue weighted by Crippen LogP contribution is 2.39. The third-order valence-electron chi connectivity index (χ3n) is 2.92. The molecular weight excluding hydrogens is 296 g/mol. The Morgan fingerprint density at radius 3 is 3.06 bits per heavy atom. The van der Waals surface area contributed by atoms with Crippen LogP contribution < -0.4 is 5.32 Å². The molecule has 1 aliphatic rings. The van der Waals surface area contributed by atoms with Gasteiger partial charge in [0.15, 0.2) is 5.89 Å². The molecule has 0 radical (unpaired) electrons. The first-order valence-electron chi connectivity index (χ1n) is 6.14. The monoisotopic (exact) mass is 310 g/mol. The van der Waals surface area contributed by atoms with Crippen LogP contribution in [0.25, 0.3) is 0 Å². The van der Waals surface area contributed by atoms with Crippen LogP contribution in [0, 0.1) is 0 Å². The molecule has 0 spiro atoms. The van der Waals surface area contributed by atoms with E-state index in [9.17, 15) is 0 Å². The predicted molar refractivity (Wildman–Crippen MR) is 70.1 cm³/mol. The van der Waals surface area contributed by atoms with Gasteiger partial charge in [0, 0.05) is 18.7 Å². The molecule has 6 heteroatoms. The van der Waals surface area contributed by atoms with Gasteiger partial charge in [0.25, 0.3) is 0 Å². The molecular formula is C12H15BrN4O. The quantitative estimate of drug-likeness (QED) is 0.832. The van der Waals surface area contributed by atoms with Crippen LogP contribution in [-0.4, -0.2) is 21.3 Å². The molecule has 96 valence electrons. The Bertz CT molecular complexity index is 518. The van der Waals surface area contributed by atoms with Gasteiger partial charge >= 0.3 is 0 Å². The van der Waals surface area contributed by atoms with E-state index in [2.05, 4.69) is 31.3 Å². The Morgan fingerprint density at radius 1 is 1.44 bits per heavy atom. The SMILES string of the molecule is Brc1cnn(CCNCc2cnc(C3CC3)o2)c1. The molecule has 18 heavy (non-hydrogen) atoms. The van der Waals surface area contributed by atoms with Crippen LogP contribution in [0.1, 0.15) is 30.4 Å². The standard InChI is InChI=1S/C12H15BrN4O/c13-10-5-16-17(8-10)4-3-14-6-11-7-15-12(18-11)9-1-2-9/h5,7-9,14H,1-4,6H2. The summed E-state index contributed by atoms with van der Waals surface area (Å²) in [6.45, 7) is 2.42. The number of nitrogens with zero attached hydrogens (tertiary/aromatic N) is 3. The van der Waals surface area contributed by atoms with E-state index in [0.29, 0.717) is 5.92 Å². The topological polar surface area (TPSA) is 55.9 Å². The maximum Gasteiger partial charge on any atom is 0.197 e. The van der Waals surface area contributed by atoms with Crippen LogP contribution >= 0.6 is 15.9 Å². The van der Waals surface area contributed by atoms with Gasteiger partial charge in [-0.25, -0.2) is 4.98 Å². The Kier molecular flexibility index (Phi) is 3.47. The van der Waals surface area contributed by atoms with Crippen molar-refractivity contribution in [3.63, 3.8) is 0 Å². The van der Waals surface area contributed by atoms with Gasteiger partial charge in [-0.05, 0) is 28.8 Å². The molecule has 0 atom stereocenters. The van der Waals surface area contributed by atoms with Crippen LogP contribution in [0.15, 0.2) is 27.5 Å². The van der Waals surface area contributed by atoms with E-state index in [1.807, 2.05) is 17.1 Å². The zero-order valence-electron chi connectivity index (χ0n) is 9.97. The maximum atomic E-state index is 5.66.